The molecular formula is C21H13Br2N3O2. The van der Waals surface area contributed by atoms with Gasteiger partial charge in [-0.1, -0.05) is 40.0 Å². The second-order valence-electron chi connectivity index (χ2n) is 6.05. The maximum Gasteiger partial charge on any atom is 0.307 e. The topological polar surface area (TPSA) is 59.5 Å². The van der Waals surface area contributed by atoms with Crippen LogP contribution in [0.2, 0.25) is 0 Å². The summed E-state index contributed by atoms with van der Waals surface area (Å²) >= 11 is 6.85. The first kappa shape index (κ1) is 18.5. The Morgan fingerprint density at radius 2 is 2.11 bits per heavy atom. The molecule has 0 bridgehead atoms. The van der Waals surface area contributed by atoms with Crippen molar-refractivity contribution in [3.8, 4) is 12.3 Å². The van der Waals surface area contributed by atoms with Gasteiger partial charge in [-0.05, 0) is 40.2 Å². The summed E-state index contributed by atoms with van der Waals surface area (Å²) < 4.78 is 9.26. The molecule has 0 aliphatic rings. The molecule has 0 saturated heterocycles. The number of hydrogen-bond donors (Lipinski definition) is 1. The van der Waals surface area contributed by atoms with Crippen molar-refractivity contribution in [1.29, 1.82) is 0 Å². The van der Waals surface area contributed by atoms with Crippen LogP contribution >= 0.6 is 31.9 Å². The number of terminal acetylenes is 1. The van der Waals surface area contributed by atoms with E-state index < -0.39 is 5.91 Å². The second kappa shape index (κ2) is 7.66. The van der Waals surface area contributed by atoms with Crippen LogP contribution in [-0.4, -0.2) is 16.7 Å². The molecule has 0 spiro atoms. The van der Waals surface area contributed by atoms with E-state index in [1.54, 1.807) is 12.3 Å². The molecule has 1 N–H and O–H groups in total. The van der Waals surface area contributed by atoms with Crippen molar-refractivity contribution in [3.63, 3.8) is 0 Å². The normalized spacial score (nSPS) is 11.3. The van der Waals surface area contributed by atoms with Gasteiger partial charge < -0.3 is 8.98 Å². The van der Waals surface area contributed by atoms with Gasteiger partial charge in [-0.25, -0.2) is 5.43 Å². The summed E-state index contributed by atoms with van der Waals surface area (Å²) in [5.41, 5.74) is 4.99. The fraction of sp³-hybridized carbons (Fsp3) is 0.0476. The summed E-state index contributed by atoms with van der Waals surface area (Å²) in [6.45, 7) is 0.462. The lowest BCUT2D eigenvalue weighted by atomic mass is 10.2. The van der Waals surface area contributed by atoms with E-state index in [9.17, 15) is 4.79 Å². The fourth-order valence-electron chi connectivity index (χ4n) is 3.01. The number of aromatic nitrogens is 1. The van der Waals surface area contributed by atoms with E-state index >= 15 is 0 Å². The predicted octanol–water partition coefficient (Wildman–Crippen LogP) is 5.31. The molecule has 0 aliphatic carbocycles. The van der Waals surface area contributed by atoms with Crippen LogP contribution in [0, 0.1) is 12.3 Å². The zero-order valence-electron chi connectivity index (χ0n) is 14.4. The van der Waals surface area contributed by atoms with E-state index in [2.05, 4.69) is 48.3 Å². The van der Waals surface area contributed by atoms with Crippen molar-refractivity contribution in [3.05, 3.63) is 68.9 Å². The predicted molar refractivity (Wildman–Crippen MR) is 117 cm³/mol. The number of para-hydroxylation sites is 1. The third kappa shape index (κ3) is 3.49. The molecule has 4 aromatic rings. The van der Waals surface area contributed by atoms with Crippen LogP contribution < -0.4 is 5.43 Å². The summed E-state index contributed by atoms with van der Waals surface area (Å²) in [4.78, 5) is 12.4. The van der Waals surface area contributed by atoms with E-state index in [-0.39, 0.29) is 5.76 Å². The number of hydrogen-bond acceptors (Lipinski definition) is 3. The summed E-state index contributed by atoms with van der Waals surface area (Å²) in [6.07, 6.45) is 8.95. The first-order valence-electron chi connectivity index (χ1n) is 8.30. The standard InChI is InChI=1S/C21H13Br2N3O2/c1-2-7-26-12-14(16-5-3-4-6-18(16)26)11-24-25-21(27)19-9-13-8-15(22)10-17(23)20(13)28-19/h1,3-6,8-12H,7H2,(H,25,27)/b24-11-. The molecule has 0 atom stereocenters. The van der Waals surface area contributed by atoms with Crippen LogP contribution in [0.3, 0.4) is 0 Å². The number of nitrogens with one attached hydrogen (secondary N) is 1. The van der Waals surface area contributed by atoms with Crippen molar-refractivity contribution >= 4 is 65.9 Å². The quantitative estimate of drug-likeness (QED) is 0.235. The van der Waals surface area contributed by atoms with E-state index in [0.717, 1.165) is 30.8 Å². The van der Waals surface area contributed by atoms with Crippen LogP contribution in [-0.2, 0) is 6.54 Å². The minimum absolute atomic E-state index is 0.181. The Bertz CT molecular complexity index is 1280. The number of furan rings is 1. The lowest BCUT2D eigenvalue weighted by molar-refractivity contribution is 0.0929. The van der Waals surface area contributed by atoms with Crippen LogP contribution in [0.25, 0.3) is 21.9 Å². The Hall–Kier alpha value is -2.82. The van der Waals surface area contributed by atoms with Crippen LogP contribution in [0.1, 0.15) is 16.1 Å². The van der Waals surface area contributed by atoms with Gasteiger partial charge in [0.05, 0.1) is 17.2 Å². The molecule has 5 nitrogen and oxygen atoms in total. The molecule has 28 heavy (non-hydrogen) atoms. The Kier molecular flexibility index (Phi) is 5.07. The zero-order chi connectivity index (χ0) is 19.7. The van der Waals surface area contributed by atoms with Gasteiger partial charge in [0.2, 0.25) is 0 Å². The average molecular weight is 499 g/mol. The molecule has 1 amide bonds. The summed E-state index contributed by atoms with van der Waals surface area (Å²) in [6, 6.07) is 13.3. The molecule has 2 aromatic heterocycles. The van der Waals surface area contributed by atoms with Crippen molar-refractivity contribution in [2.45, 2.75) is 6.54 Å². The Morgan fingerprint density at radius 3 is 2.93 bits per heavy atom. The first-order valence-corrected chi connectivity index (χ1v) is 9.89. The minimum atomic E-state index is -0.428. The highest BCUT2D eigenvalue weighted by Gasteiger charge is 2.14. The third-order valence-corrected chi connectivity index (χ3v) is 5.26. The fourth-order valence-corrected chi connectivity index (χ4v) is 4.35. The number of carbonyl (C=O) groups is 1. The number of nitrogens with zero attached hydrogens (tertiary/aromatic N) is 2. The highest BCUT2D eigenvalue weighted by atomic mass is 79.9. The second-order valence-corrected chi connectivity index (χ2v) is 7.82. The van der Waals surface area contributed by atoms with Gasteiger partial charge in [0.1, 0.15) is 5.58 Å². The van der Waals surface area contributed by atoms with Crippen LogP contribution in [0.5, 0.6) is 0 Å². The minimum Gasteiger partial charge on any atom is -0.450 e. The third-order valence-electron chi connectivity index (χ3n) is 4.21. The van der Waals surface area contributed by atoms with Crippen LogP contribution in [0.15, 0.2) is 67.1 Å². The molecule has 7 heteroatoms. The van der Waals surface area contributed by atoms with Crippen LogP contribution in [0.4, 0.5) is 0 Å². The molecule has 0 aliphatic heterocycles. The van der Waals surface area contributed by atoms with Crippen molar-refractivity contribution in [2.24, 2.45) is 5.10 Å². The first-order chi connectivity index (χ1) is 13.6. The summed E-state index contributed by atoms with van der Waals surface area (Å²) in [7, 11) is 0. The zero-order valence-corrected chi connectivity index (χ0v) is 17.6. The molecule has 138 valence electrons. The molecule has 0 fully saturated rings. The smallest absolute Gasteiger partial charge is 0.307 e. The van der Waals surface area contributed by atoms with Crippen molar-refractivity contribution in [1.82, 2.24) is 9.99 Å². The molecule has 0 unspecified atom stereocenters. The Balaban J connectivity index is 1.57. The number of halogens is 2. The maximum absolute atomic E-state index is 12.4. The lowest BCUT2D eigenvalue weighted by Gasteiger charge is -1.97. The van der Waals surface area contributed by atoms with Crippen molar-refractivity contribution in [2.75, 3.05) is 0 Å². The van der Waals surface area contributed by atoms with Gasteiger partial charge in [0, 0.05) is 32.5 Å². The van der Waals surface area contributed by atoms with Gasteiger partial charge in [-0.2, -0.15) is 5.10 Å². The molecule has 0 radical (unpaired) electrons. The van der Waals surface area contributed by atoms with Crippen molar-refractivity contribution < 1.29 is 9.21 Å². The molecule has 0 saturated carbocycles. The highest BCUT2D eigenvalue weighted by Crippen LogP contribution is 2.31. The molecule has 4 rings (SSSR count). The van der Waals surface area contributed by atoms with Gasteiger partial charge in [-0.15, -0.1) is 6.42 Å². The van der Waals surface area contributed by atoms with Gasteiger partial charge in [0.25, 0.3) is 0 Å². The highest BCUT2D eigenvalue weighted by molar-refractivity contribution is 9.11. The Morgan fingerprint density at radius 1 is 1.29 bits per heavy atom. The number of fused-ring (bicyclic) bond motifs is 2. The van der Waals surface area contributed by atoms with E-state index in [0.29, 0.717) is 12.1 Å². The SMILES string of the molecule is C#CCn1cc(/C=N\NC(=O)c2cc3cc(Br)cc(Br)c3o2)c2ccccc21. The number of amides is 1. The van der Waals surface area contributed by atoms with E-state index in [1.807, 2.05) is 47.2 Å². The van der Waals surface area contributed by atoms with Gasteiger partial charge >= 0.3 is 5.91 Å². The largest absolute Gasteiger partial charge is 0.450 e. The number of hydrazone groups is 1. The summed E-state index contributed by atoms with van der Waals surface area (Å²) in [5.74, 6) is 2.39. The number of rotatable bonds is 4. The van der Waals surface area contributed by atoms with E-state index in [4.69, 9.17) is 10.8 Å². The van der Waals surface area contributed by atoms with Gasteiger partial charge in [0.15, 0.2) is 5.76 Å². The summed E-state index contributed by atoms with van der Waals surface area (Å²) in [5, 5.41) is 5.90. The average Bonchev–Trinajstić information content (AvgIpc) is 3.25. The molecular weight excluding hydrogens is 486 g/mol. The molecule has 2 aromatic carbocycles. The van der Waals surface area contributed by atoms with Gasteiger partial charge in [-0.3, -0.25) is 4.79 Å². The monoisotopic (exact) mass is 497 g/mol. The number of carbonyl (C=O) groups excluding carboxylic acids is 1. The van der Waals surface area contributed by atoms with E-state index in [1.165, 1.54) is 0 Å². The maximum atomic E-state index is 12.4. The molecule has 2 heterocycles. The Labute approximate surface area is 177 Å². The number of benzene rings is 2. The lowest BCUT2D eigenvalue weighted by Crippen LogP contribution is -2.16.